The number of hydrogen-bond acceptors (Lipinski definition) is 4. The fourth-order valence-electron chi connectivity index (χ4n) is 1.18. The van der Waals surface area contributed by atoms with Crippen molar-refractivity contribution in [3.8, 4) is 5.88 Å². The summed E-state index contributed by atoms with van der Waals surface area (Å²) in [4.78, 5) is 15.6. The van der Waals surface area contributed by atoms with Crippen LogP contribution in [0.2, 0.25) is 0 Å². The Morgan fingerprint density at radius 2 is 2.24 bits per heavy atom. The molecule has 0 aromatic carbocycles. The highest BCUT2D eigenvalue weighted by Gasteiger charge is 2.03. The van der Waals surface area contributed by atoms with E-state index in [9.17, 15) is 4.79 Å². The smallest absolute Gasteiger partial charge is 0.239 e. The van der Waals surface area contributed by atoms with Gasteiger partial charge in [-0.3, -0.25) is 4.79 Å². The summed E-state index contributed by atoms with van der Waals surface area (Å²) in [5.41, 5.74) is 0. The number of pyridine rings is 1. The molecule has 17 heavy (non-hydrogen) atoms. The average Bonchev–Trinajstić information content (AvgIpc) is 2.34. The third-order valence-electron chi connectivity index (χ3n) is 2.07. The molecule has 5 heteroatoms. The molecule has 0 saturated carbocycles. The molecule has 0 saturated heterocycles. The van der Waals surface area contributed by atoms with Crippen LogP contribution in [0.25, 0.3) is 0 Å². The van der Waals surface area contributed by atoms with Gasteiger partial charge in [0.1, 0.15) is 5.82 Å². The predicted molar refractivity (Wildman–Crippen MR) is 67.1 cm³/mol. The zero-order chi connectivity index (χ0) is 12.7. The largest absolute Gasteiger partial charge is 0.481 e. The Morgan fingerprint density at radius 3 is 2.88 bits per heavy atom. The number of hydrogen-bond donors (Lipinski definition) is 2. The Balaban J connectivity index is 2.36. The Kier molecular flexibility index (Phi) is 5.26. The number of nitrogens with zero attached hydrogens (tertiary/aromatic N) is 1. The summed E-state index contributed by atoms with van der Waals surface area (Å²) in [5, 5.41) is 5.76. The first kappa shape index (κ1) is 13.3. The van der Waals surface area contributed by atoms with Gasteiger partial charge in [-0.2, -0.15) is 4.98 Å². The van der Waals surface area contributed by atoms with E-state index in [-0.39, 0.29) is 12.5 Å². The molecule has 5 nitrogen and oxygen atoms in total. The summed E-state index contributed by atoms with van der Waals surface area (Å²) in [6.07, 6.45) is 0. The zero-order valence-corrected chi connectivity index (χ0v) is 10.5. The number of amides is 1. The van der Waals surface area contributed by atoms with Crippen molar-refractivity contribution in [1.29, 1.82) is 0 Å². The van der Waals surface area contributed by atoms with Crippen molar-refractivity contribution in [1.82, 2.24) is 10.3 Å². The number of rotatable bonds is 6. The molecule has 0 atom stereocenters. The molecule has 1 heterocycles. The molecule has 0 aliphatic heterocycles. The Morgan fingerprint density at radius 1 is 1.47 bits per heavy atom. The molecule has 1 aromatic heterocycles. The third kappa shape index (κ3) is 5.19. The molecule has 2 N–H and O–H groups in total. The molecule has 0 spiro atoms. The van der Waals surface area contributed by atoms with Crippen molar-refractivity contribution in [3.05, 3.63) is 18.2 Å². The van der Waals surface area contributed by atoms with E-state index in [1.165, 1.54) is 0 Å². The normalized spacial score (nSPS) is 10.1. The van der Waals surface area contributed by atoms with Crippen LogP contribution in [0.4, 0.5) is 5.82 Å². The Hall–Kier alpha value is -1.78. The summed E-state index contributed by atoms with van der Waals surface area (Å²) >= 11 is 0. The lowest BCUT2D eigenvalue weighted by atomic mass is 10.2. The number of aromatic nitrogens is 1. The molecule has 94 valence electrons. The van der Waals surface area contributed by atoms with Gasteiger partial charge in [-0.1, -0.05) is 19.9 Å². The molecule has 1 aromatic rings. The number of nitrogens with one attached hydrogen (secondary N) is 2. The summed E-state index contributed by atoms with van der Waals surface area (Å²) < 4.78 is 4.99. The monoisotopic (exact) mass is 237 g/mol. The van der Waals surface area contributed by atoms with Crippen LogP contribution in [0.1, 0.15) is 13.8 Å². The first-order chi connectivity index (χ1) is 8.11. The van der Waals surface area contributed by atoms with Crippen LogP contribution in [-0.2, 0) is 4.79 Å². The first-order valence-corrected chi connectivity index (χ1v) is 5.63. The van der Waals surface area contributed by atoms with Gasteiger partial charge in [0, 0.05) is 12.6 Å². The van der Waals surface area contributed by atoms with Crippen molar-refractivity contribution in [2.45, 2.75) is 13.8 Å². The molecule has 1 rings (SSSR count). The maximum absolute atomic E-state index is 11.4. The van der Waals surface area contributed by atoms with Gasteiger partial charge in [0.25, 0.3) is 0 Å². The van der Waals surface area contributed by atoms with Crippen LogP contribution in [0.15, 0.2) is 18.2 Å². The summed E-state index contributed by atoms with van der Waals surface area (Å²) in [6, 6.07) is 5.36. The van der Waals surface area contributed by atoms with E-state index in [1.807, 2.05) is 6.07 Å². The van der Waals surface area contributed by atoms with Gasteiger partial charge < -0.3 is 15.4 Å². The van der Waals surface area contributed by atoms with Crippen LogP contribution < -0.4 is 15.4 Å². The molecule has 1 amide bonds. The topological polar surface area (TPSA) is 63.2 Å². The molecular weight excluding hydrogens is 218 g/mol. The first-order valence-electron chi connectivity index (χ1n) is 5.63. The number of methoxy groups -OCH3 is 1. The molecule has 0 unspecified atom stereocenters. The van der Waals surface area contributed by atoms with Gasteiger partial charge in [0.2, 0.25) is 11.8 Å². The number of carbonyl (C=O) groups is 1. The lowest BCUT2D eigenvalue weighted by Gasteiger charge is -2.09. The molecule has 0 aliphatic carbocycles. The quantitative estimate of drug-likeness (QED) is 0.782. The molecule has 0 aliphatic rings. The molecular formula is C12H19N3O2. The highest BCUT2D eigenvalue weighted by Crippen LogP contribution is 2.09. The van der Waals surface area contributed by atoms with E-state index in [0.29, 0.717) is 24.2 Å². The van der Waals surface area contributed by atoms with Gasteiger partial charge in [-0.05, 0) is 12.0 Å². The summed E-state index contributed by atoms with van der Waals surface area (Å²) in [7, 11) is 1.56. The van der Waals surface area contributed by atoms with Crippen molar-refractivity contribution in [2.75, 3.05) is 25.5 Å². The average molecular weight is 237 g/mol. The van der Waals surface area contributed by atoms with Gasteiger partial charge in [0.05, 0.1) is 13.7 Å². The standard InChI is InChI=1S/C12H19N3O2/c1-9(2)7-14-11(16)8-13-10-5-4-6-12(15-10)17-3/h4-6,9H,7-8H2,1-3H3,(H,13,15)(H,14,16). The van der Waals surface area contributed by atoms with Crippen molar-refractivity contribution in [2.24, 2.45) is 5.92 Å². The second-order valence-electron chi connectivity index (χ2n) is 4.12. The second kappa shape index (κ2) is 6.73. The van der Waals surface area contributed by atoms with Crippen molar-refractivity contribution in [3.63, 3.8) is 0 Å². The fraction of sp³-hybridized carbons (Fsp3) is 0.500. The SMILES string of the molecule is COc1cccc(NCC(=O)NCC(C)C)n1. The molecule has 0 radical (unpaired) electrons. The van der Waals surface area contributed by atoms with Crippen LogP contribution in [0.3, 0.4) is 0 Å². The zero-order valence-electron chi connectivity index (χ0n) is 10.5. The van der Waals surface area contributed by atoms with Crippen LogP contribution >= 0.6 is 0 Å². The van der Waals surface area contributed by atoms with Crippen LogP contribution in [-0.4, -0.2) is 31.1 Å². The van der Waals surface area contributed by atoms with E-state index < -0.39 is 0 Å². The number of ether oxygens (including phenoxy) is 1. The van der Waals surface area contributed by atoms with Crippen LogP contribution in [0.5, 0.6) is 5.88 Å². The fourth-order valence-corrected chi connectivity index (χ4v) is 1.18. The highest BCUT2D eigenvalue weighted by atomic mass is 16.5. The summed E-state index contributed by atoms with van der Waals surface area (Å²) in [6.45, 7) is 5.01. The van der Waals surface area contributed by atoms with E-state index in [4.69, 9.17) is 4.74 Å². The molecule has 0 fully saturated rings. The van der Waals surface area contributed by atoms with Gasteiger partial charge >= 0.3 is 0 Å². The van der Waals surface area contributed by atoms with Crippen LogP contribution in [0, 0.1) is 5.92 Å². The van der Waals surface area contributed by atoms with Gasteiger partial charge in [-0.15, -0.1) is 0 Å². The lowest BCUT2D eigenvalue weighted by Crippen LogP contribution is -2.32. The minimum Gasteiger partial charge on any atom is -0.481 e. The number of carbonyl (C=O) groups excluding carboxylic acids is 1. The Bertz CT molecular complexity index is 367. The van der Waals surface area contributed by atoms with E-state index in [1.54, 1.807) is 19.2 Å². The van der Waals surface area contributed by atoms with E-state index in [0.717, 1.165) is 0 Å². The maximum atomic E-state index is 11.4. The third-order valence-corrected chi connectivity index (χ3v) is 2.07. The van der Waals surface area contributed by atoms with E-state index in [2.05, 4.69) is 29.5 Å². The molecule has 0 bridgehead atoms. The predicted octanol–water partition coefficient (Wildman–Crippen LogP) is 1.27. The highest BCUT2D eigenvalue weighted by molar-refractivity contribution is 5.80. The van der Waals surface area contributed by atoms with Gasteiger partial charge in [0.15, 0.2) is 0 Å². The van der Waals surface area contributed by atoms with E-state index >= 15 is 0 Å². The second-order valence-corrected chi connectivity index (χ2v) is 4.12. The minimum absolute atomic E-state index is 0.0386. The van der Waals surface area contributed by atoms with Crippen molar-refractivity contribution >= 4 is 11.7 Å². The van der Waals surface area contributed by atoms with Crippen molar-refractivity contribution < 1.29 is 9.53 Å². The maximum Gasteiger partial charge on any atom is 0.239 e. The Labute approximate surface area is 102 Å². The summed E-state index contributed by atoms with van der Waals surface area (Å²) in [5.74, 6) is 1.57. The lowest BCUT2D eigenvalue weighted by molar-refractivity contribution is -0.119. The minimum atomic E-state index is -0.0386. The van der Waals surface area contributed by atoms with Gasteiger partial charge in [-0.25, -0.2) is 0 Å². The number of anilines is 1.